The molecule has 0 fully saturated rings. The third-order valence-electron chi connectivity index (χ3n) is 5.05. The van der Waals surface area contributed by atoms with Crippen LogP contribution in [-0.2, 0) is 13.7 Å². The predicted molar refractivity (Wildman–Crippen MR) is 118 cm³/mol. The van der Waals surface area contributed by atoms with Gasteiger partial charge in [-0.15, -0.1) is 11.3 Å². The van der Waals surface area contributed by atoms with Crippen molar-refractivity contribution in [3.63, 3.8) is 0 Å². The zero-order chi connectivity index (χ0) is 20.5. The van der Waals surface area contributed by atoms with E-state index in [1.165, 1.54) is 22.5 Å². The monoisotopic (exact) mass is 405 g/mol. The molecular formula is C23H23N3O2S. The summed E-state index contributed by atoms with van der Waals surface area (Å²) in [6.07, 6.45) is 0. The van der Waals surface area contributed by atoms with E-state index in [2.05, 4.69) is 37.1 Å². The molecule has 0 atom stereocenters. The van der Waals surface area contributed by atoms with Crippen LogP contribution in [0.25, 0.3) is 11.0 Å². The van der Waals surface area contributed by atoms with Crippen LogP contribution < -0.4 is 10.1 Å². The molecule has 0 saturated carbocycles. The normalized spacial score (nSPS) is 11.0. The number of carbonyl (C=O) groups excluding carboxylic acids is 1. The van der Waals surface area contributed by atoms with Crippen molar-refractivity contribution in [1.29, 1.82) is 0 Å². The molecular weight excluding hydrogens is 382 g/mol. The van der Waals surface area contributed by atoms with Crippen molar-refractivity contribution in [3.8, 4) is 5.75 Å². The van der Waals surface area contributed by atoms with Gasteiger partial charge >= 0.3 is 0 Å². The van der Waals surface area contributed by atoms with Gasteiger partial charge in [0.15, 0.2) is 0 Å². The Labute approximate surface area is 174 Å². The highest BCUT2D eigenvalue weighted by Gasteiger charge is 2.14. The molecule has 29 heavy (non-hydrogen) atoms. The molecule has 0 aliphatic heterocycles. The largest absolute Gasteiger partial charge is 0.489 e. The number of rotatable bonds is 5. The molecule has 0 aliphatic carbocycles. The van der Waals surface area contributed by atoms with Crippen LogP contribution in [0.4, 0.5) is 5.95 Å². The minimum atomic E-state index is -0.165. The molecule has 2 heterocycles. The maximum atomic E-state index is 12.7. The summed E-state index contributed by atoms with van der Waals surface area (Å²) in [6.45, 7) is 6.64. The number of anilines is 1. The highest BCUT2D eigenvalue weighted by atomic mass is 32.1. The van der Waals surface area contributed by atoms with E-state index in [9.17, 15) is 4.79 Å². The quantitative estimate of drug-likeness (QED) is 0.484. The minimum Gasteiger partial charge on any atom is -0.489 e. The fraction of sp³-hybridized carbons (Fsp3) is 0.217. The van der Waals surface area contributed by atoms with Gasteiger partial charge < -0.3 is 9.30 Å². The molecule has 1 N–H and O–H groups in total. The summed E-state index contributed by atoms with van der Waals surface area (Å²) in [4.78, 5) is 17.8. The second-order valence-corrected chi connectivity index (χ2v) is 8.16. The third-order valence-corrected chi connectivity index (χ3v) is 6.03. The van der Waals surface area contributed by atoms with E-state index < -0.39 is 0 Å². The molecule has 4 rings (SSSR count). The Balaban J connectivity index is 1.46. The molecule has 6 heteroatoms. The number of fused-ring (bicyclic) bond motifs is 1. The van der Waals surface area contributed by atoms with Crippen LogP contribution in [0.3, 0.4) is 0 Å². The molecule has 2 aromatic heterocycles. The fourth-order valence-electron chi connectivity index (χ4n) is 3.30. The van der Waals surface area contributed by atoms with Crippen LogP contribution in [0.15, 0.2) is 47.8 Å². The van der Waals surface area contributed by atoms with Gasteiger partial charge in [0.2, 0.25) is 5.95 Å². The topological polar surface area (TPSA) is 56.1 Å². The summed E-state index contributed by atoms with van der Waals surface area (Å²) in [6, 6.07) is 13.9. The number of nitrogens with one attached hydrogen (secondary N) is 1. The lowest BCUT2D eigenvalue weighted by atomic mass is 10.1. The van der Waals surface area contributed by atoms with E-state index >= 15 is 0 Å². The van der Waals surface area contributed by atoms with E-state index in [0.717, 1.165) is 27.9 Å². The van der Waals surface area contributed by atoms with Crippen LogP contribution in [0.1, 0.15) is 31.9 Å². The number of amides is 1. The van der Waals surface area contributed by atoms with Gasteiger partial charge in [-0.3, -0.25) is 10.1 Å². The molecule has 0 aliphatic rings. The van der Waals surface area contributed by atoms with Crippen molar-refractivity contribution >= 4 is 34.2 Å². The molecule has 4 aromatic rings. The average Bonchev–Trinajstić information content (AvgIpc) is 3.29. The van der Waals surface area contributed by atoms with Crippen molar-refractivity contribution < 1.29 is 9.53 Å². The molecule has 5 nitrogen and oxygen atoms in total. The highest BCUT2D eigenvalue weighted by molar-refractivity contribution is 7.12. The number of hydrogen-bond acceptors (Lipinski definition) is 4. The first-order valence-electron chi connectivity index (χ1n) is 9.43. The summed E-state index contributed by atoms with van der Waals surface area (Å²) in [5, 5.41) is 4.87. The zero-order valence-electron chi connectivity index (χ0n) is 16.9. The SMILES string of the molecule is Cc1cc(C)c(C)c(OCc2csc(C(=O)Nc3nc4ccccc4n3C)c2)c1. The Morgan fingerprint density at radius 2 is 1.97 bits per heavy atom. The summed E-state index contributed by atoms with van der Waals surface area (Å²) in [5.74, 6) is 1.26. The average molecular weight is 406 g/mol. The third kappa shape index (κ3) is 3.89. The van der Waals surface area contributed by atoms with Crippen LogP contribution in [0.5, 0.6) is 5.75 Å². The second-order valence-electron chi connectivity index (χ2n) is 7.25. The fourth-order valence-corrected chi connectivity index (χ4v) is 4.09. The molecule has 2 aromatic carbocycles. The number of aryl methyl sites for hydroxylation is 3. The molecule has 0 unspecified atom stereocenters. The van der Waals surface area contributed by atoms with Gasteiger partial charge in [0.05, 0.1) is 15.9 Å². The molecule has 1 amide bonds. The van der Waals surface area contributed by atoms with Gasteiger partial charge in [-0.1, -0.05) is 18.2 Å². The summed E-state index contributed by atoms with van der Waals surface area (Å²) in [5.41, 5.74) is 6.35. The maximum absolute atomic E-state index is 12.7. The number of nitrogens with zero attached hydrogens (tertiary/aromatic N) is 2. The molecule has 0 bridgehead atoms. The summed E-state index contributed by atoms with van der Waals surface area (Å²) < 4.78 is 7.90. The number of aromatic nitrogens is 2. The van der Waals surface area contributed by atoms with Gasteiger partial charge in [0.1, 0.15) is 12.4 Å². The first-order valence-corrected chi connectivity index (χ1v) is 10.3. The van der Waals surface area contributed by atoms with Crippen molar-refractivity contribution in [2.24, 2.45) is 7.05 Å². The molecule has 0 radical (unpaired) electrons. The van der Waals surface area contributed by atoms with Crippen LogP contribution in [0, 0.1) is 20.8 Å². The smallest absolute Gasteiger partial charge is 0.268 e. The van der Waals surface area contributed by atoms with Gasteiger partial charge in [-0.2, -0.15) is 0 Å². The Bertz CT molecular complexity index is 1210. The van der Waals surface area contributed by atoms with Crippen molar-refractivity contribution in [2.45, 2.75) is 27.4 Å². The number of hydrogen-bond donors (Lipinski definition) is 1. The predicted octanol–water partition coefficient (Wildman–Crippen LogP) is 5.39. The van der Waals surface area contributed by atoms with Crippen LogP contribution in [-0.4, -0.2) is 15.5 Å². The van der Waals surface area contributed by atoms with E-state index in [4.69, 9.17) is 4.74 Å². The first-order chi connectivity index (χ1) is 13.9. The van der Waals surface area contributed by atoms with E-state index in [1.807, 2.05) is 53.4 Å². The lowest BCUT2D eigenvalue weighted by Gasteiger charge is -2.11. The second kappa shape index (κ2) is 7.72. The van der Waals surface area contributed by atoms with Gasteiger partial charge in [0, 0.05) is 12.6 Å². The van der Waals surface area contributed by atoms with E-state index in [-0.39, 0.29) is 5.91 Å². The van der Waals surface area contributed by atoms with Gasteiger partial charge in [0.25, 0.3) is 5.91 Å². The Morgan fingerprint density at radius 1 is 1.17 bits per heavy atom. The number of ether oxygens (including phenoxy) is 1. The lowest BCUT2D eigenvalue weighted by Crippen LogP contribution is -2.13. The zero-order valence-corrected chi connectivity index (χ0v) is 17.8. The first kappa shape index (κ1) is 19.2. The van der Waals surface area contributed by atoms with Crippen molar-refractivity contribution in [2.75, 3.05) is 5.32 Å². The molecule has 0 spiro atoms. The molecule has 0 saturated heterocycles. The maximum Gasteiger partial charge on any atom is 0.268 e. The number of imidazole rings is 1. The van der Waals surface area contributed by atoms with Crippen LogP contribution >= 0.6 is 11.3 Å². The Hall–Kier alpha value is -3.12. The highest BCUT2D eigenvalue weighted by Crippen LogP contribution is 2.25. The number of benzene rings is 2. The lowest BCUT2D eigenvalue weighted by molar-refractivity contribution is 0.102. The van der Waals surface area contributed by atoms with Gasteiger partial charge in [-0.05, 0) is 67.1 Å². The Kier molecular flexibility index (Phi) is 5.11. The molecule has 148 valence electrons. The van der Waals surface area contributed by atoms with Crippen molar-refractivity contribution in [1.82, 2.24) is 9.55 Å². The van der Waals surface area contributed by atoms with E-state index in [1.54, 1.807) is 0 Å². The minimum absolute atomic E-state index is 0.165. The number of para-hydroxylation sites is 2. The Morgan fingerprint density at radius 3 is 2.76 bits per heavy atom. The number of carbonyl (C=O) groups is 1. The summed E-state index contributed by atoms with van der Waals surface area (Å²) in [7, 11) is 1.89. The van der Waals surface area contributed by atoms with Gasteiger partial charge in [-0.25, -0.2) is 4.98 Å². The summed E-state index contributed by atoms with van der Waals surface area (Å²) >= 11 is 1.41. The van der Waals surface area contributed by atoms with E-state index in [0.29, 0.717) is 17.4 Å². The standard InChI is InChI=1S/C23H23N3O2S/c1-14-9-15(2)16(3)20(10-14)28-12-17-11-21(29-13-17)22(27)25-23-24-18-7-5-6-8-19(18)26(23)4/h5-11,13H,12H2,1-4H3,(H,24,25,27). The number of thiophene rings is 1. The van der Waals surface area contributed by atoms with Crippen LogP contribution in [0.2, 0.25) is 0 Å². The van der Waals surface area contributed by atoms with Crippen molar-refractivity contribution in [3.05, 3.63) is 75.0 Å².